The van der Waals surface area contributed by atoms with Gasteiger partial charge in [-0.15, -0.1) is 0 Å². The van der Waals surface area contributed by atoms with Crippen molar-refractivity contribution in [1.82, 2.24) is 15.0 Å². The average molecular weight is 489 g/mol. The summed E-state index contributed by atoms with van der Waals surface area (Å²) < 4.78 is 50.5. The number of aromatic nitrogens is 1. The van der Waals surface area contributed by atoms with E-state index < -0.39 is 11.7 Å². The molecule has 3 aromatic rings. The van der Waals surface area contributed by atoms with E-state index in [0.29, 0.717) is 12.3 Å². The van der Waals surface area contributed by atoms with Crippen LogP contribution >= 0.6 is 0 Å². The number of nitrogens with zero attached hydrogens (tertiary/aromatic N) is 4. The lowest BCUT2D eigenvalue weighted by Gasteiger charge is -2.36. The van der Waals surface area contributed by atoms with E-state index in [9.17, 15) is 13.2 Å². The molecular weight excluding hydrogens is 457 g/mol. The minimum Gasteiger partial charge on any atom is -0.497 e. The van der Waals surface area contributed by atoms with Crippen molar-refractivity contribution in [3.8, 4) is 17.0 Å². The van der Waals surface area contributed by atoms with Gasteiger partial charge < -0.3 is 14.2 Å². The topological polar surface area (TPSA) is 45.0 Å². The number of halogens is 3. The lowest BCUT2D eigenvalue weighted by Crippen LogP contribution is -2.47. The summed E-state index contributed by atoms with van der Waals surface area (Å²) >= 11 is 0. The van der Waals surface area contributed by atoms with Gasteiger partial charge in [0.2, 0.25) is 0 Å². The van der Waals surface area contributed by atoms with E-state index in [2.05, 4.69) is 32.0 Å². The maximum absolute atomic E-state index is 13.3. The van der Waals surface area contributed by atoms with E-state index in [1.165, 1.54) is 17.8 Å². The number of hydrogen-bond acceptors (Lipinski definition) is 6. The average Bonchev–Trinajstić information content (AvgIpc) is 3.32. The summed E-state index contributed by atoms with van der Waals surface area (Å²) in [4.78, 5) is 6.96. The molecule has 0 bridgehead atoms. The van der Waals surface area contributed by atoms with Crippen LogP contribution in [0.2, 0.25) is 0 Å². The first kappa shape index (κ1) is 25.1. The maximum atomic E-state index is 13.3. The number of ether oxygens (including phenoxy) is 1. The van der Waals surface area contributed by atoms with Gasteiger partial charge in [0.05, 0.1) is 19.2 Å². The Labute approximate surface area is 203 Å². The minimum absolute atomic E-state index is 0.0337. The van der Waals surface area contributed by atoms with Gasteiger partial charge in [0.15, 0.2) is 5.76 Å². The van der Waals surface area contributed by atoms with Crippen molar-refractivity contribution in [2.75, 3.05) is 58.3 Å². The van der Waals surface area contributed by atoms with Crippen LogP contribution < -0.4 is 9.64 Å². The van der Waals surface area contributed by atoms with Crippen molar-refractivity contribution in [2.45, 2.75) is 19.1 Å². The minimum atomic E-state index is -4.44. The predicted molar refractivity (Wildman–Crippen MR) is 130 cm³/mol. The summed E-state index contributed by atoms with van der Waals surface area (Å²) in [6.45, 7) is 6.35. The zero-order chi connectivity index (χ0) is 24.8. The Kier molecular flexibility index (Phi) is 7.97. The Morgan fingerprint density at radius 3 is 2.43 bits per heavy atom. The second-order valence-corrected chi connectivity index (χ2v) is 8.84. The zero-order valence-electron chi connectivity index (χ0n) is 20.1. The third kappa shape index (κ3) is 6.55. The lowest BCUT2D eigenvalue weighted by molar-refractivity contribution is -0.137. The molecule has 1 fully saturated rings. The molecule has 35 heavy (non-hydrogen) atoms. The van der Waals surface area contributed by atoms with E-state index in [1.807, 2.05) is 19.2 Å². The Hall–Kier alpha value is -3.04. The molecule has 4 rings (SSSR count). The first-order valence-electron chi connectivity index (χ1n) is 11.8. The molecule has 6 nitrogen and oxygen atoms in total. The molecule has 0 spiro atoms. The third-order valence-corrected chi connectivity index (χ3v) is 6.32. The van der Waals surface area contributed by atoms with Crippen LogP contribution in [-0.4, -0.2) is 68.4 Å². The first-order chi connectivity index (χ1) is 16.8. The largest absolute Gasteiger partial charge is 0.497 e. The van der Waals surface area contributed by atoms with Crippen LogP contribution in [0.25, 0.3) is 11.3 Å². The Balaban J connectivity index is 1.21. The highest BCUT2D eigenvalue weighted by molar-refractivity contribution is 5.64. The summed E-state index contributed by atoms with van der Waals surface area (Å²) in [6.07, 6.45) is -3.44. The fourth-order valence-electron chi connectivity index (χ4n) is 4.40. The van der Waals surface area contributed by atoms with Gasteiger partial charge in [-0.05, 0) is 56.9 Å². The fraction of sp³-hybridized carbons (Fsp3) is 0.423. The molecule has 1 aliphatic heterocycles. The van der Waals surface area contributed by atoms with Crippen LogP contribution in [0.1, 0.15) is 17.7 Å². The summed E-state index contributed by atoms with van der Waals surface area (Å²) in [5, 5.41) is 3.89. The highest BCUT2D eigenvalue weighted by Crippen LogP contribution is 2.36. The molecular formula is C26H31F3N4O2. The first-order valence-corrected chi connectivity index (χ1v) is 11.8. The summed E-state index contributed by atoms with van der Waals surface area (Å²) in [5.41, 5.74) is 0.747. The normalized spacial score (nSPS) is 15.1. The van der Waals surface area contributed by atoms with Gasteiger partial charge in [-0.2, -0.15) is 13.2 Å². The predicted octanol–water partition coefficient (Wildman–Crippen LogP) is 5.01. The van der Waals surface area contributed by atoms with Crippen molar-refractivity contribution in [3.05, 3.63) is 65.9 Å². The summed E-state index contributed by atoms with van der Waals surface area (Å²) in [6, 6.07) is 15.2. The van der Waals surface area contributed by atoms with E-state index in [-0.39, 0.29) is 11.3 Å². The van der Waals surface area contributed by atoms with Gasteiger partial charge in [-0.1, -0.05) is 23.4 Å². The van der Waals surface area contributed by atoms with Gasteiger partial charge >= 0.3 is 6.18 Å². The van der Waals surface area contributed by atoms with E-state index in [4.69, 9.17) is 9.26 Å². The Morgan fingerprint density at radius 1 is 1.03 bits per heavy atom. The van der Waals surface area contributed by atoms with Crippen LogP contribution in [0.3, 0.4) is 0 Å². The van der Waals surface area contributed by atoms with Crippen molar-refractivity contribution < 1.29 is 22.4 Å². The van der Waals surface area contributed by atoms with Crippen molar-refractivity contribution in [2.24, 2.45) is 0 Å². The quantitative estimate of drug-likeness (QED) is 0.422. The number of benzene rings is 2. The molecule has 2 aromatic carbocycles. The van der Waals surface area contributed by atoms with Crippen molar-refractivity contribution >= 4 is 5.69 Å². The van der Waals surface area contributed by atoms with E-state index in [0.717, 1.165) is 57.5 Å². The lowest BCUT2D eigenvalue weighted by atomic mass is 10.0. The molecule has 0 unspecified atom stereocenters. The van der Waals surface area contributed by atoms with Crippen LogP contribution in [0.15, 0.2) is 59.1 Å². The highest BCUT2D eigenvalue weighted by atomic mass is 19.4. The number of hydrogen-bond donors (Lipinski definition) is 0. The molecule has 1 aliphatic rings. The van der Waals surface area contributed by atoms with Crippen LogP contribution in [-0.2, 0) is 12.7 Å². The van der Waals surface area contributed by atoms with Crippen LogP contribution in [0, 0.1) is 0 Å². The van der Waals surface area contributed by atoms with E-state index in [1.54, 1.807) is 19.2 Å². The monoisotopic (exact) mass is 488 g/mol. The summed E-state index contributed by atoms with van der Waals surface area (Å²) in [5.74, 6) is 1.41. The second-order valence-electron chi connectivity index (χ2n) is 8.84. The van der Waals surface area contributed by atoms with Gasteiger partial charge in [-0.25, -0.2) is 0 Å². The highest BCUT2D eigenvalue weighted by Gasteiger charge is 2.34. The van der Waals surface area contributed by atoms with Crippen LogP contribution in [0.4, 0.5) is 18.9 Å². The van der Waals surface area contributed by atoms with E-state index >= 15 is 0 Å². The molecule has 1 aromatic heterocycles. The van der Waals surface area contributed by atoms with Crippen molar-refractivity contribution in [1.29, 1.82) is 0 Å². The zero-order valence-corrected chi connectivity index (χ0v) is 20.1. The number of methoxy groups -OCH3 is 1. The molecule has 0 atom stereocenters. The van der Waals surface area contributed by atoms with Gasteiger partial charge in [-0.3, -0.25) is 9.80 Å². The number of alkyl halides is 3. The standard InChI is InChI=1S/C26H31F3N4O2/c1-31(19-22-18-25(30-35-22)23-6-3-4-7-24(23)26(27,28)29)12-5-13-32-14-16-33(17-15-32)20-8-10-21(34-2)11-9-20/h3-4,6-11,18H,5,12-17,19H2,1-2H3. The second kappa shape index (κ2) is 11.1. The fourth-order valence-corrected chi connectivity index (χ4v) is 4.40. The van der Waals surface area contributed by atoms with Gasteiger partial charge in [0.25, 0.3) is 0 Å². The number of rotatable bonds is 9. The third-order valence-electron chi connectivity index (χ3n) is 6.32. The molecule has 0 N–H and O–H groups in total. The molecule has 9 heteroatoms. The SMILES string of the molecule is COc1ccc(N2CCN(CCCN(C)Cc3cc(-c4ccccc4C(F)(F)F)no3)CC2)cc1. The smallest absolute Gasteiger partial charge is 0.417 e. The van der Waals surface area contributed by atoms with Crippen LogP contribution in [0.5, 0.6) is 5.75 Å². The summed E-state index contributed by atoms with van der Waals surface area (Å²) in [7, 11) is 3.65. The Morgan fingerprint density at radius 2 is 1.74 bits per heavy atom. The number of anilines is 1. The molecule has 0 saturated carbocycles. The molecule has 188 valence electrons. The molecule has 1 saturated heterocycles. The molecule has 0 aliphatic carbocycles. The Bertz CT molecular complexity index is 1080. The van der Waals surface area contributed by atoms with Crippen molar-refractivity contribution in [3.63, 3.8) is 0 Å². The van der Waals surface area contributed by atoms with Gasteiger partial charge in [0.1, 0.15) is 11.4 Å². The van der Waals surface area contributed by atoms with Gasteiger partial charge in [0, 0.05) is 43.5 Å². The molecule has 0 radical (unpaired) electrons. The maximum Gasteiger partial charge on any atom is 0.417 e. The number of piperazine rings is 1. The molecule has 2 heterocycles. The molecule has 0 amide bonds.